The van der Waals surface area contributed by atoms with Crippen molar-refractivity contribution in [2.45, 2.75) is 6.54 Å². The molecule has 0 radical (unpaired) electrons. The molecule has 0 aliphatic carbocycles. The van der Waals surface area contributed by atoms with Gasteiger partial charge in [-0.15, -0.1) is 0 Å². The lowest BCUT2D eigenvalue weighted by molar-refractivity contribution is -0.117. The van der Waals surface area contributed by atoms with E-state index in [1.165, 1.54) is 6.20 Å². The number of carbonyl (C=O) groups is 1. The number of methoxy groups -OCH3 is 1. The number of rotatable bonds is 7. The number of amides is 1. The number of nitrogens with one attached hydrogen (secondary N) is 1. The summed E-state index contributed by atoms with van der Waals surface area (Å²) >= 11 is 0. The van der Waals surface area contributed by atoms with Gasteiger partial charge in [0, 0.05) is 29.8 Å². The molecule has 150 valence electrons. The quantitative estimate of drug-likeness (QED) is 0.355. The highest BCUT2D eigenvalue weighted by atomic mass is 16.5. The van der Waals surface area contributed by atoms with E-state index in [1.54, 1.807) is 24.1 Å². The van der Waals surface area contributed by atoms with Crippen LogP contribution in [0.2, 0.25) is 0 Å². The second kappa shape index (κ2) is 9.80. The monoisotopic (exact) mass is 398 g/mol. The van der Waals surface area contributed by atoms with Gasteiger partial charge in [-0.25, -0.2) is 0 Å². The Balaban J connectivity index is 1.83. The molecule has 30 heavy (non-hydrogen) atoms. The Labute approximate surface area is 175 Å². The molecule has 6 heteroatoms. The number of nitrogens with zero attached hydrogens (tertiary/aromatic N) is 2. The molecule has 0 aliphatic heterocycles. The van der Waals surface area contributed by atoms with E-state index >= 15 is 0 Å². The zero-order valence-electron chi connectivity index (χ0n) is 16.6. The van der Waals surface area contributed by atoms with Gasteiger partial charge in [-0.05, 0) is 54.1 Å². The van der Waals surface area contributed by atoms with Crippen LogP contribution >= 0.6 is 0 Å². The van der Waals surface area contributed by atoms with Crippen molar-refractivity contribution in [2.24, 2.45) is 0 Å². The topological polar surface area (TPSA) is 91.4 Å². The molecule has 0 aromatic heterocycles. The minimum absolute atomic E-state index is 0.0100. The first-order valence-electron chi connectivity index (χ1n) is 9.33. The van der Waals surface area contributed by atoms with Crippen LogP contribution < -0.4 is 20.7 Å². The summed E-state index contributed by atoms with van der Waals surface area (Å²) in [5.41, 5.74) is 8.92. The summed E-state index contributed by atoms with van der Waals surface area (Å²) in [4.78, 5) is 14.4. The molecule has 0 atom stereocenters. The van der Waals surface area contributed by atoms with Crippen LogP contribution in [0.1, 0.15) is 5.56 Å². The van der Waals surface area contributed by atoms with E-state index in [0.29, 0.717) is 12.2 Å². The highest BCUT2D eigenvalue weighted by Crippen LogP contribution is 2.27. The predicted molar refractivity (Wildman–Crippen MR) is 118 cm³/mol. The molecule has 1 amide bonds. The van der Waals surface area contributed by atoms with Crippen molar-refractivity contribution in [1.29, 1.82) is 5.26 Å². The normalized spacial score (nSPS) is 10.7. The van der Waals surface area contributed by atoms with Crippen LogP contribution in [0.5, 0.6) is 5.75 Å². The van der Waals surface area contributed by atoms with E-state index in [1.807, 2.05) is 72.8 Å². The Bertz CT molecular complexity index is 1050. The number of anilines is 3. The average Bonchev–Trinajstić information content (AvgIpc) is 2.80. The molecule has 0 fully saturated rings. The van der Waals surface area contributed by atoms with Gasteiger partial charge in [0.25, 0.3) is 5.91 Å². The summed E-state index contributed by atoms with van der Waals surface area (Å²) in [5, 5.41) is 12.4. The van der Waals surface area contributed by atoms with Crippen molar-refractivity contribution in [3.05, 3.63) is 96.2 Å². The molecule has 0 unspecified atom stereocenters. The molecule has 0 bridgehead atoms. The van der Waals surface area contributed by atoms with E-state index in [2.05, 4.69) is 5.32 Å². The van der Waals surface area contributed by atoms with Gasteiger partial charge in [0.05, 0.1) is 7.11 Å². The lowest BCUT2D eigenvalue weighted by atomic mass is 10.2. The van der Waals surface area contributed by atoms with E-state index < -0.39 is 5.91 Å². The first-order valence-corrected chi connectivity index (χ1v) is 9.33. The van der Waals surface area contributed by atoms with Crippen molar-refractivity contribution < 1.29 is 9.53 Å². The Morgan fingerprint density at radius 3 is 2.27 bits per heavy atom. The molecule has 3 aromatic rings. The largest absolute Gasteiger partial charge is 0.497 e. The third kappa shape index (κ3) is 5.18. The van der Waals surface area contributed by atoms with Crippen LogP contribution in [0.3, 0.4) is 0 Å². The van der Waals surface area contributed by atoms with E-state index in [-0.39, 0.29) is 5.57 Å². The van der Waals surface area contributed by atoms with Gasteiger partial charge in [-0.2, -0.15) is 5.26 Å². The number of nitrogen functional groups attached to an aromatic ring is 1. The number of hydrogen-bond donors (Lipinski definition) is 2. The van der Waals surface area contributed by atoms with Gasteiger partial charge in [0.15, 0.2) is 0 Å². The molecule has 0 saturated carbocycles. The SMILES string of the molecule is COc1ccc(CNC(=O)/C(C#N)=C\N(c2ccccc2)c2ccc(N)cc2)cc1. The summed E-state index contributed by atoms with van der Waals surface area (Å²) in [6, 6.07) is 26.1. The van der Waals surface area contributed by atoms with Crippen LogP contribution in [0.25, 0.3) is 0 Å². The maximum Gasteiger partial charge on any atom is 0.263 e. The Hall–Kier alpha value is -4.24. The number of benzene rings is 3. The maximum atomic E-state index is 12.6. The highest BCUT2D eigenvalue weighted by molar-refractivity contribution is 5.98. The Morgan fingerprint density at radius 2 is 1.67 bits per heavy atom. The van der Waals surface area contributed by atoms with Crippen LogP contribution in [-0.4, -0.2) is 13.0 Å². The minimum Gasteiger partial charge on any atom is -0.497 e. The number of carbonyl (C=O) groups excluding carboxylic acids is 1. The summed E-state index contributed by atoms with van der Waals surface area (Å²) in [6.07, 6.45) is 1.53. The highest BCUT2D eigenvalue weighted by Gasteiger charge is 2.14. The van der Waals surface area contributed by atoms with Gasteiger partial charge < -0.3 is 20.7 Å². The minimum atomic E-state index is -0.454. The molecule has 3 rings (SSSR count). The zero-order chi connectivity index (χ0) is 21.3. The predicted octanol–water partition coefficient (Wildman–Crippen LogP) is 4.14. The molecular formula is C24H22N4O2. The second-order valence-electron chi connectivity index (χ2n) is 6.48. The third-order valence-electron chi connectivity index (χ3n) is 4.44. The van der Waals surface area contributed by atoms with Crippen molar-refractivity contribution in [2.75, 3.05) is 17.7 Å². The number of nitrogens with two attached hydrogens (primary N) is 1. The number of hydrogen-bond acceptors (Lipinski definition) is 5. The third-order valence-corrected chi connectivity index (χ3v) is 4.44. The molecule has 0 heterocycles. The fraction of sp³-hybridized carbons (Fsp3) is 0.0833. The Morgan fingerprint density at radius 1 is 1.03 bits per heavy atom. The Kier molecular flexibility index (Phi) is 6.70. The first-order chi connectivity index (χ1) is 14.6. The summed E-state index contributed by atoms with van der Waals surface area (Å²) in [7, 11) is 1.60. The molecule has 3 aromatic carbocycles. The number of ether oxygens (including phenoxy) is 1. The molecule has 3 N–H and O–H groups in total. The summed E-state index contributed by atoms with van der Waals surface area (Å²) in [6.45, 7) is 0.301. The standard InChI is InChI=1S/C24H22N4O2/c1-30-23-13-7-18(8-14-23)16-27-24(29)19(15-25)17-28(21-5-3-2-4-6-21)22-11-9-20(26)10-12-22/h2-14,17H,16,26H2,1H3,(H,27,29)/b19-17-. The molecule has 6 nitrogen and oxygen atoms in total. The van der Waals surface area contributed by atoms with Crippen molar-refractivity contribution in [3.8, 4) is 11.8 Å². The molecule has 0 spiro atoms. The van der Waals surface area contributed by atoms with Crippen molar-refractivity contribution in [1.82, 2.24) is 5.32 Å². The molecular weight excluding hydrogens is 376 g/mol. The average molecular weight is 398 g/mol. The first kappa shape index (κ1) is 20.5. The van der Waals surface area contributed by atoms with Crippen LogP contribution in [0.15, 0.2) is 90.6 Å². The van der Waals surface area contributed by atoms with Gasteiger partial charge in [0.1, 0.15) is 17.4 Å². The van der Waals surface area contributed by atoms with Gasteiger partial charge in [-0.1, -0.05) is 30.3 Å². The second-order valence-corrected chi connectivity index (χ2v) is 6.48. The lowest BCUT2D eigenvalue weighted by Crippen LogP contribution is -2.25. The number of nitriles is 1. The van der Waals surface area contributed by atoms with Gasteiger partial charge in [0.2, 0.25) is 0 Å². The fourth-order valence-electron chi connectivity index (χ4n) is 2.81. The van der Waals surface area contributed by atoms with Crippen LogP contribution in [0, 0.1) is 11.3 Å². The zero-order valence-corrected chi connectivity index (χ0v) is 16.6. The maximum absolute atomic E-state index is 12.6. The van der Waals surface area contributed by atoms with Gasteiger partial charge >= 0.3 is 0 Å². The van der Waals surface area contributed by atoms with E-state index in [4.69, 9.17) is 10.5 Å². The van der Waals surface area contributed by atoms with Crippen molar-refractivity contribution >= 4 is 23.0 Å². The molecule has 0 aliphatic rings. The van der Waals surface area contributed by atoms with E-state index in [9.17, 15) is 10.1 Å². The number of para-hydroxylation sites is 1. The summed E-state index contributed by atoms with van der Waals surface area (Å²) < 4.78 is 5.13. The lowest BCUT2D eigenvalue weighted by Gasteiger charge is -2.21. The van der Waals surface area contributed by atoms with Crippen LogP contribution in [-0.2, 0) is 11.3 Å². The van der Waals surface area contributed by atoms with Crippen LogP contribution in [0.4, 0.5) is 17.1 Å². The van der Waals surface area contributed by atoms with E-state index in [0.717, 1.165) is 22.7 Å². The van der Waals surface area contributed by atoms with Crippen molar-refractivity contribution in [3.63, 3.8) is 0 Å². The summed E-state index contributed by atoms with van der Waals surface area (Å²) in [5.74, 6) is 0.286. The fourth-order valence-corrected chi connectivity index (χ4v) is 2.81. The molecule has 0 saturated heterocycles. The smallest absolute Gasteiger partial charge is 0.263 e. The van der Waals surface area contributed by atoms with Gasteiger partial charge in [-0.3, -0.25) is 4.79 Å².